The number of hydrogen-bond acceptors (Lipinski definition) is 4. The number of nitrogens with zero attached hydrogens (tertiary/aromatic N) is 1. The number of halogens is 1. The average molecular weight is 406 g/mol. The van der Waals surface area contributed by atoms with Crippen LogP contribution in [-0.4, -0.2) is 23.1 Å². The lowest BCUT2D eigenvalue weighted by Gasteiger charge is -2.11. The molecule has 0 saturated heterocycles. The lowest BCUT2D eigenvalue weighted by molar-refractivity contribution is 0.0526. The van der Waals surface area contributed by atoms with Crippen molar-refractivity contribution < 1.29 is 23.1 Å². The highest BCUT2D eigenvalue weighted by Gasteiger charge is 2.18. The first-order valence-electron chi connectivity index (χ1n) is 9.45. The van der Waals surface area contributed by atoms with E-state index in [0.29, 0.717) is 35.7 Å². The molecule has 4 aromatic rings. The highest BCUT2D eigenvalue weighted by atomic mass is 19.1. The van der Waals surface area contributed by atoms with E-state index in [1.807, 2.05) is 0 Å². The predicted molar refractivity (Wildman–Crippen MR) is 110 cm³/mol. The minimum atomic E-state index is -0.417. The number of nitrogens with one attached hydrogen (secondary N) is 1. The van der Waals surface area contributed by atoms with Crippen molar-refractivity contribution in [2.24, 2.45) is 0 Å². The molecule has 2 heterocycles. The fourth-order valence-electron chi connectivity index (χ4n) is 3.25. The van der Waals surface area contributed by atoms with Crippen molar-refractivity contribution in [1.29, 1.82) is 0 Å². The summed E-state index contributed by atoms with van der Waals surface area (Å²) in [5.41, 5.74) is 3.34. The Labute approximate surface area is 171 Å². The molecule has 0 aliphatic rings. The van der Waals surface area contributed by atoms with Crippen LogP contribution in [0.1, 0.15) is 33.3 Å². The van der Waals surface area contributed by atoms with E-state index in [9.17, 15) is 14.0 Å². The van der Waals surface area contributed by atoms with Crippen LogP contribution in [0.3, 0.4) is 0 Å². The summed E-state index contributed by atoms with van der Waals surface area (Å²) in [7, 11) is 0. The van der Waals surface area contributed by atoms with Crippen molar-refractivity contribution in [2.45, 2.75) is 13.5 Å². The SMILES string of the molecule is CCOC(=O)c1ccc(NC(=O)c2cc3occc3n2Cc2cccc(F)c2)cc1. The van der Waals surface area contributed by atoms with Crippen LogP contribution in [0.2, 0.25) is 0 Å². The van der Waals surface area contributed by atoms with Crippen molar-refractivity contribution >= 4 is 28.7 Å². The normalized spacial score (nSPS) is 10.9. The van der Waals surface area contributed by atoms with Crippen LogP contribution >= 0.6 is 0 Å². The molecule has 0 unspecified atom stereocenters. The molecule has 0 spiro atoms. The number of fused-ring (bicyclic) bond motifs is 1. The molecule has 0 fully saturated rings. The van der Waals surface area contributed by atoms with E-state index in [0.717, 1.165) is 11.1 Å². The zero-order valence-electron chi connectivity index (χ0n) is 16.2. The summed E-state index contributed by atoms with van der Waals surface area (Å²) in [5.74, 6) is -1.10. The Hall–Kier alpha value is -3.87. The molecule has 2 aromatic heterocycles. The van der Waals surface area contributed by atoms with Gasteiger partial charge in [-0.3, -0.25) is 4.79 Å². The molecule has 6 nitrogen and oxygen atoms in total. The first-order chi connectivity index (χ1) is 14.5. The molecule has 7 heteroatoms. The molecule has 30 heavy (non-hydrogen) atoms. The number of furan rings is 1. The van der Waals surface area contributed by atoms with E-state index in [1.54, 1.807) is 66.3 Å². The highest BCUT2D eigenvalue weighted by Crippen LogP contribution is 2.24. The third kappa shape index (κ3) is 3.96. The van der Waals surface area contributed by atoms with Gasteiger partial charge in [0.15, 0.2) is 5.58 Å². The molecule has 1 N–H and O–H groups in total. The maximum Gasteiger partial charge on any atom is 0.338 e. The first kappa shape index (κ1) is 19.4. The van der Waals surface area contributed by atoms with Crippen LogP contribution in [0.4, 0.5) is 10.1 Å². The van der Waals surface area contributed by atoms with Crippen molar-refractivity contribution in [3.8, 4) is 0 Å². The lowest BCUT2D eigenvalue weighted by Crippen LogP contribution is -2.17. The Kier molecular flexibility index (Phi) is 5.34. The molecular formula is C23H19FN2O4. The highest BCUT2D eigenvalue weighted by molar-refractivity contribution is 6.06. The quantitative estimate of drug-likeness (QED) is 0.465. The fourth-order valence-corrected chi connectivity index (χ4v) is 3.25. The predicted octanol–water partition coefficient (Wildman–Crippen LogP) is 4.85. The Morgan fingerprint density at radius 3 is 2.63 bits per heavy atom. The van der Waals surface area contributed by atoms with Crippen LogP contribution in [0, 0.1) is 5.82 Å². The fraction of sp³-hybridized carbons (Fsp3) is 0.130. The molecule has 0 atom stereocenters. The van der Waals surface area contributed by atoms with Crippen molar-refractivity contribution in [2.75, 3.05) is 11.9 Å². The molecule has 152 valence electrons. The van der Waals surface area contributed by atoms with Gasteiger partial charge in [0, 0.05) is 24.4 Å². The van der Waals surface area contributed by atoms with Gasteiger partial charge in [-0.05, 0) is 48.9 Å². The third-order valence-electron chi connectivity index (χ3n) is 4.64. The largest absolute Gasteiger partial charge is 0.463 e. The van der Waals surface area contributed by atoms with Gasteiger partial charge in [-0.2, -0.15) is 0 Å². The summed E-state index contributed by atoms with van der Waals surface area (Å²) in [6.45, 7) is 2.34. The zero-order chi connectivity index (χ0) is 21.1. The van der Waals surface area contributed by atoms with Crippen molar-refractivity contribution in [3.05, 3.63) is 89.6 Å². The Morgan fingerprint density at radius 2 is 1.90 bits per heavy atom. The van der Waals surface area contributed by atoms with Gasteiger partial charge >= 0.3 is 5.97 Å². The maximum atomic E-state index is 13.6. The second-order valence-electron chi connectivity index (χ2n) is 6.67. The van der Waals surface area contributed by atoms with E-state index < -0.39 is 5.97 Å². The Morgan fingerprint density at radius 1 is 1.10 bits per heavy atom. The summed E-state index contributed by atoms with van der Waals surface area (Å²) in [6, 6.07) is 16.1. The molecule has 0 bridgehead atoms. The number of hydrogen-bond donors (Lipinski definition) is 1. The Bertz CT molecular complexity index is 1210. The zero-order valence-corrected chi connectivity index (χ0v) is 16.2. The number of benzene rings is 2. The molecule has 0 radical (unpaired) electrons. The third-order valence-corrected chi connectivity index (χ3v) is 4.64. The topological polar surface area (TPSA) is 73.5 Å². The van der Waals surface area contributed by atoms with Gasteiger partial charge in [0.05, 0.1) is 24.0 Å². The van der Waals surface area contributed by atoms with E-state index >= 15 is 0 Å². The lowest BCUT2D eigenvalue weighted by atomic mass is 10.2. The minimum absolute atomic E-state index is 0.292. The number of anilines is 1. The smallest absolute Gasteiger partial charge is 0.338 e. The number of esters is 1. The van der Waals surface area contributed by atoms with E-state index in [-0.39, 0.29) is 11.7 Å². The average Bonchev–Trinajstić information content (AvgIpc) is 3.31. The van der Waals surface area contributed by atoms with Gasteiger partial charge in [-0.1, -0.05) is 12.1 Å². The summed E-state index contributed by atoms with van der Waals surface area (Å²) >= 11 is 0. The standard InChI is InChI=1S/C23H19FN2O4/c1-2-29-23(28)16-6-8-18(9-7-16)25-22(27)20-13-21-19(10-11-30-21)26(20)14-15-4-3-5-17(24)12-15/h3-13H,2,14H2,1H3,(H,25,27). The summed E-state index contributed by atoms with van der Waals surface area (Å²) in [6.07, 6.45) is 1.54. The van der Waals surface area contributed by atoms with Crippen molar-refractivity contribution in [1.82, 2.24) is 4.57 Å². The van der Waals surface area contributed by atoms with Crippen LogP contribution < -0.4 is 5.32 Å². The van der Waals surface area contributed by atoms with Crippen LogP contribution in [0.5, 0.6) is 0 Å². The van der Waals surface area contributed by atoms with Crippen LogP contribution in [0.25, 0.3) is 11.1 Å². The number of amides is 1. The molecule has 1 amide bonds. The number of carbonyl (C=O) groups is 2. The van der Waals surface area contributed by atoms with Gasteiger partial charge in [0.25, 0.3) is 5.91 Å². The minimum Gasteiger partial charge on any atom is -0.463 e. The van der Waals surface area contributed by atoms with Gasteiger partial charge in [-0.25, -0.2) is 9.18 Å². The number of ether oxygens (including phenoxy) is 1. The maximum absolute atomic E-state index is 13.6. The number of rotatable bonds is 6. The van der Waals surface area contributed by atoms with E-state index in [4.69, 9.17) is 9.15 Å². The second-order valence-corrected chi connectivity index (χ2v) is 6.67. The van der Waals surface area contributed by atoms with Gasteiger partial charge in [0.1, 0.15) is 11.5 Å². The molecular weight excluding hydrogens is 387 g/mol. The molecule has 0 aliphatic heterocycles. The summed E-state index contributed by atoms with van der Waals surface area (Å²) in [5, 5.41) is 2.82. The van der Waals surface area contributed by atoms with Crippen LogP contribution in [-0.2, 0) is 11.3 Å². The first-order valence-corrected chi connectivity index (χ1v) is 9.45. The summed E-state index contributed by atoms with van der Waals surface area (Å²) in [4.78, 5) is 24.7. The number of carbonyl (C=O) groups excluding carboxylic acids is 2. The summed E-state index contributed by atoms with van der Waals surface area (Å²) < 4.78 is 25.8. The van der Waals surface area contributed by atoms with Gasteiger partial charge in [0.2, 0.25) is 0 Å². The monoisotopic (exact) mass is 406 g/mol. The van der Waals surface area contributed by atoms with Crippen molar-refractivity contribution in [3.63, 3.8) is 0 Å². The second kappa shape index (κ2) is 8.24. The molecule has 4 rings (SSSR count). The van der Waals surface area contributed by atoms with Gasteiger partial charge in [-0.15, -0.1) is 0 Å². The molecule has 0 saturated carbocycles. The van der Waals surface area contributed by atoms with E-state index in [2.05, 4.69) is 5.32 Å². The van der Waals surface area contributed by atoms with Gasteiger partial charge < -0.3 is 19.0 Å². The Balaban J connectivity index is 1.59. The van der Waals surface area contributed by atoms with E-state index in [1.165, 1.54) is 12.1 Å². The number of aromatic nitrogens is 1. The molecule has 0 aliphatic carbocycles. The molecule has 2 aromatic carbocycles. The van der Waals surface area contributed by atoms with Crippen LogP contribution in [0.15, 0.2) is 71.3 Å².